The van der Waals surface area contributed by atoms with Gasteiger partial charge in [0.2, 0.25) is 5.91 Å². The molecule has 1 fully saturated rings. The van der Waals surface area contributed by atoms with Gasteiger partial charge in [0.1, 0.15) is 5.82 Å². The van der Waals surface area contributed by atoms with Crippen LogP contribution in [0, 0.1) is 26.7 Å². The molecule has 0 bridgehead atoms. The SMILES string of the molecule is Cc1ccc(N2CCC(CNC(=O)Cc3c(C)nc(C)[nH]c3=O)C2)cc1. The van der Waals surface area contributed by atoms with E-state index in [2.05, 4.69) is 51.4 Å². The Labute approximate surface area is 153 Å². The number of aryl methyl sites for hydroxylation is 3. The molecule has 2 aromatic rings. The lowest BCUT2D eigenvalue weighted by molar-refractivity contribution is -0.120. The van der Waals surface area contributed by atoms with Crippen LogP contribution in [0.25, 0.3) is 0 Å². The maximum Gasteiger partial charge on any atom is 0.254 e. The first-order valence-corrected chi connectivity index (χ1v) is 9.07. The zero-order valence-corrected chi connectivity index (χ0v) is 15.6. The number of aromatic amines is 1. The number of nitrogens with one attached hydrogen (secondary N) is 2. The van der Waals surface area contributed by atoms with Crippen LogP contribution in [0.1, 0.15) is 29.1 Å². The van der Waals surface area contributed by atoms with Gasteiger partial charge in [-0.1, -0.05) is 17.7 Å². The minimum atomic E-state index is -0.225. The van der Waals surface area contributed by atoms with Crippen molar-refractivity contribution in [1.29, 1.82) is 0 Å². The third kappa shape index (κ3) is 4.31. The van der Waals surface area contributed by atoms with Crippen molar-refractivity contribution >= 4 is 11.6 Å². The second-order valence-electron chi connectivity index (χ2n) is 7.13. The summed E-state index contributed by atoms with van der Waals surface area (Å²) < 4.78 is 0. The zero-order valence-electron chi connectivity index (χ0n) is 15.6. The van der Waals surface area contributed by atoms with E-state index in [1.165, 1.54) is 11.3 Å². The maximum atomic E-state index is 12.2. The lowest BCUT2D eigenvalue weighted by Gasteiger charge is -2.19. The van der Waals surface area contributed by atoms with Gasteiger partial charge < -0.3 is 15.2 Å². The number of rotatable bonds is 5. The molecule has 2 heterocycles. The van der Waals surface area contributed by atoms with E-state index in [0.29, 0.717) is 29.5 Å². The lowest BCUT2D eigenvalue weighted by atomic mass is 10.1. The van der Waals surface area contributed by atoms with E-state index >= 15 is 0 Å². The highest BCUT2D eigenvalue weighted by atomic mass is 16.2. The van der Waals surface area contributed by atoms with Crippen molar-refractivity contribution in [1.82, 2.24) is 15.3 Å². The second kappa shape index (κ2) is 7.72. The molecule has 1 aliphatic rings. The summed E-state index contributed by atoms with van der Waals surface area (Å²) in [7, 11) is 0. The average Bonchev–Trinajstić information content (AvgIpc) is 3.06. The van der Waals surface area contributed by atoms with Crippen LogP contribution in [0.4, 0.5) is 5.69 Å². The molecular weight excluding hydrogens is 328 g/mol. The molecule has 1 aromatic carbocycles. The number of anilines is 1. The molecule has 2 N–H and O–H groups in total. The number of hydrogen-bond acceptors (Lipinski definition) is 4. The Morgan fingerprint density at radius 3 is 2.69 bits per heavy atom. The highest BCUT2D eigenvalue weighted by molar-refractivity contribution is 5.78. The van der Waals surface area contributed by atoms with Gasteiger partial charge in [-0.3, -0.25) is 9.59 Å². The van der Waals surface area contributed by atoms with E-state index in [1.807, 2.05) is 0 Å². The summed E-state index contributed by atoms with van der Waals surface area (Å²) in [4.78, 5) is 33.5. The molecule has 1 atom stereocenters. The standard InChI is InChI=1S/C20H26N4O2/c1-13-4-6-17(7-5-13)24-9-8-16(12-24)11-21-19(25)10-18-14(2)22-15(3)23-20(18)26/h4-7,16H,8-12H2,1-3H3,(H,21,25)(H,22,23,26). The van der Waals surface area contributed by atoms with Crippen LogP contribution in [0.2, 0.25) is 0 Å². The third-order valence-corrected chi connectivity index (χ3v) is 4.95. The van der Waals surface area contributed by atoms with Crippen molar-refractivity contribution in [2.24, 2.45) is 5.92 Å². The van der Waals surface area contributed by atoms with Crippen LogP contribution >= 0.6 is 0 Å². The number of H-pyrrole nitrogens is 1. The smallest absolute Gasteiger partial charge is 0.254 e. The van der Waals surface area contributed by atoms with Gasteiger partial charge in [-0.15, -0.1) is 0 Å². The molecule has 26 heavy (non-hydrogen) atoms. The Morgan fingerprint density at radius 2 is 2.00 bits per heavy atom. The Bertz CT molecular complexity index is 842. The summed E-state index contributed by atoms with van der Waals surface area (Å²) in [5.74, 6) is 0.868. The average molecular weight is 354 g/mol. The van der Waals surface area contributed by atoms with Crippen molar-refractivity contribution in [3.8, 4) is 0 Å². The van der Waals surface area contributed by atoms with Gasteiger partial charge in [-0.25, -0.2) is 4.98 Å². The van der Waals surface area contributed by atoms with Gasteiger partial charge in [0, 0.05) is 36.6 Å². The highest BCUT2D eigenvalue weighted by Gasteiger charge is 2.23. The van der Waals surface area contributed by atoms with Crippen LogP contribution < -0.4 is 15.8 Å². The Kier molecular flexibility index (Phi) is 5.40. The monoisotopic (exact) mass is 354 g/mol. The van der Waals surface area contributed by atoms with E-state index < -0.39 is 0 Å². The van der Waals surface area contributed by atoms with Gasteiger partial charge in [-0.2, -0.15) is 0 Å². The molecule has 1 saturated heterocycles. The normalized spacial score (nSPS) is 16.7. The topological polar surface area (TPSA) is 78.1 Å². The number of carbonyl (C=O) groups is 1. The molecule has 1 aliphatic heterocycles. The van der Waals surface area contributed by atoms with Crippen LogP contribution in [0.5, 0.6) is 0 Å². The maximum absolute atomic E-state index is 12.2. The summed E-state index contributed by atoms with van der Waals surface area (Å²) in [6, 6.07) is 8.55. The number of benzene rings is 1. The van der Waals surface area contributed by atoms with E-state index in [4.69, 9.17) is 0 Å². The van der Waals surface area contributed by atoms with Crippen molar-refractivity contribution in [2.45, 2.75) is 33.6 Å². The summed E-state index contributed by atoms with van der Waals surface area (Å²) in [5.41, 5.74) is 3.33. The fourth-order valence-corrected chi connectivity index (χ4v) is 3.43. The highest BCUT2D eigenvalue weighted by Crippen LogP contribution is 2.23. The van der Waals surface area contributed by atoms with Crippen LogP contribution in [0.3, 0.4) is 0 Å². The Balaban J connectivity index is 1.51. The number of aromatic nitrogens is 2. The fraction of sp³-hybridized carbons (Fsp3) is 0.450. The van der Waals surface area contributed by atoms with Crippen LogP contribution in [0.15, 0.2) is 29.1 Å². The van der Waals surface area contributed by atoms with Crippen LogP contribution in [-0.2, 0) is 11.2 Å². The minimum Gasteiger partial charge on any atom is -0.371 e. The number of carbonyl (C=O) groups excluding carboxylic acids is 1. The first-order chi connectivity index (χ1) is 12.4. The zero-order chi connectivity index (χ0) is 18.7. The molecule has 138 valence electrons. The molecular formula is C20H26N4O2. The first-order valence-electron chi connectivity index (χ1n) is 9.07. The lowest BCUT2D eigenvalue weighted by Crippen LogP contribution is -2.33. The predicted octanol–water partition coefficient (Wildman–Crippen LogP) is 1.88. The molecule has 1 amide bonds. The molecule has 1 unspecified atom stereocenters. The summed E-state index contributed by atoms with van der Waals surface area (Å²) in [6.07, 6.45) is 1.13. The van der Waals surface area contributed by atoms with E-state index in [0.717, 1.165) is 19.5 Å². The number of amides is 1. The second-order valence-corrected chi connectivity index (χ2v) is 7.13. The van der Waals surface area contributed by atoms with Gasteiger partial charge in [0.05, 0.1) is 6.42 Å². The third-order valence-electron chi connectivity index (χ3n) is 4.95. The summed E-state index contributed by atoms with van der Waals surface area (Å²) >= 11 is 0. The van der Waals surface area contributed by atoms with Crippen molar-refractivity contribution in [3.05, 3.63) is 57.3 Å². The van der Waals surface area contributed by atoms with E-state index in [-0.39, 0.29) is 17.9 Å². The molecule has 6 nitrogen and oxygen atoms in total. The van der Waals surface area contributed by atoms with E-state index in [9.17, 15) is 9.59 Å². The quantitative estimate of drug-likeness (QED) is 0.859. The van der Waals surface area contributed by atoms with Crippen molar-refractivity contribution in [3.63, 3.8) is 0 Å². The Hall–Kier alpha value is -2.63. The molecule has 6 heteroatoms. The largest absolute Gasteiger partial charge is 0.371 e. The molecule has 0 spiro atoms. The number of nitrogens with zero attached hydrogens (tertiary/aromatic N) is 2. The summed E-state index contributed by atoms with van der Waals surface area (Å²) in [6.45, 7) is 8.17. The number of hydrogen-bond donors (Lipinski definition) is 2. The van der Waals surface area contributed by atoms with E-state index in [1.54, 1.807) is 13.8 Å². The predicted molar refractivity (Wildman–Crippen MR) is 103 cm³/mol. The van der Waals surface area contributed by atoms with Crippen molar-refractivity contribution < 1.29 is 4.79 Å². The molecule has 0 radical (unpaired) electrons. The minimum absolute atomic E-state index is 0.0723. The molecule has 1 aromatic heterocycles. The first kappa shape index (κ1) is 18.2. The van der Waals surface area contributed by atoms with Gasteiger partial charge in [-0.05, 0) is 45.2 Å². The summed E-state index contributed by atoms with van der Waals surface area (Å²) in [5, 5.41) is 2.98. The fourth-order valence-electron chi connectivity index (χ4n) is 3.43. The molecule has 0 aliphatic carbocycles. The van der Waals surface area contributed by atoms with Gasteiger partial charge in [0.15, 0.2) is 0 Å². The Morgan fingerprint density at radius 1 is 1.27 bits per heavy atom. The van der Waals surface area contributed by atoms with Crippen molar-refractivity contribution in [2.75, 3.05) is 24.5 Å². The molecule has 0 saturated carbocycles. The van der Waals surface area contributed by atoms with Gasteiger partial charge in [0.25, 0.3) is 5.56 Å². The van der Waals surface area contributed by atoms with Gasteiger partial charge >= 0.3 is 0 Å². The van der Waals surface area contributed by atoms with Crippen LogP contribution in [-0.4, -0.2) is 35.5 Å². The molecule has 3 rings (SSSR count).